The van der Waals surface area contributed by atoms with E-state index < -0.39 is 0 Å². The molecular formula is C24H25N5O. The first-order valence-corrected chi connectivity index (χ1v) is 10.7. The third kappa shape index (κ3) is 3.90. The summed E-state index contributed by atoms with van der Waals surface area (Å²) in [6.45, 7) is 2.05. The number of benzene rings is 2. The van der Waals surface area contributed by atoms with Crippen LogP contribution in [0, 0.1) is 6.92 Å². The van der Waals surface area contributed by atoms with Gasteiger partial charge in [-0.15, -0.1) is 10.2 Å². The van der Waals surface area contributed by atoms with Crippen molar-refractivity contribution < 1.29 is 4.42 Å². The summed E-state index contributed by atoms with van der Waals surface area (Å²) in [6, 6.07) is 16.5. The van der Waals surface area contributed by atoms with Gasteiger partial charge in [-0.2, -0.15) is 0 Å². The van der Waals surface area contributed by atoms with Crippen molar-refractivity contribution in [3.05, 3.63) is 54.1 Å². The second-order valence-corrected chi connectivity index (χ2v) is 8.02. The van der Waals surface area contributed by atoms with E-state index >= 15 is 0 Å². The molecule has 2 heterocycles. The summed E-state index contributed by atoms with van der Waals surface area (Å²) < 4.78 is 5.93. The smallest absolute Gasteiger partial charge is 0.286 e. The van der Waals surface area contributed by atoms with Gasteiger partial charge in [0.15, 0.2) is 0 Å². The molecular weight excluding hydrogens is 374 g/mol. The average Bonchev–Trinajstić information content (AvgIpc) is 3.13. The molecule has 6 heteroatoms. The van der Waals surface area contributed by atoms with E-state index in [9.17, 15) is 0 Å². The number of nitrogens with one attached hydrogen (secondary N) is 1. The predicted molar refractivity (Wildman–Crippen MR) is 118 cm³/mol. The van der Waals surface area contributed by atoms with Crippen molar-refractivity contribution in [2.24, 2.45) is 0 Å². The number of fused-ring (bicyclic) bond motifs is 1. The zero-order chi connectivity index (χ0) is 20.3. The molecule has 0 spiro atoms. The van der Waals surface area contributed by atoms with E-state index in [0.717, 1.165) is 22.3 Å². The minimum Gasteiger partial charge on any atom is -0.413 e. The summed E-state index contributed by atoms with van der Waals surface area (Å²) in [4.78, 5) is 9.49. The maximum Gasteiger partial charge on any atom is 0.286 e. The number of rotatable bonds is 4. The lowest BCUT2D eigenvalue weighted by molar-refractivity contribution is 0.579. The number of para-hydroxylation sites is 1. The molecule has 4 aromatic rings. The minimum absolute atomic E-state index is 0.334. The van der Waals surface area contributed by atoms with Gasteiger partial charge in [0.05, 0.1) is 5.52 Å². The lowest BCUT2D eigenvalue weighted by Gasteiger charge is -2.18. The first kappa shape index (κ1) is 18.7. The minimum atomic E-state index is 0.334. The highest BCUT2D eigenvalue weighted by atomic mass is 16.4. The fraction of sp³-hybridized carbons (Fsp3) is 0.333. The molecule has 1 fully saturated rings. The van der Waals surface area contributed by atoms with Crippen LogP contribution < -0.4 is 5.32 Å². The molecule has 0 amide bonds. The Morgan fingerprint density at radius 2 is 1.57 bits per heavy atom. The Hall–Kier alpha value is -3.28. The summed E-state index contributed by atoms with van der Waals surface area (Å²) in [6.07, 6.45) is 7.50. The topological polar surface area (TPSA) is 76.7 Å². The molecule has 0 aliphatic heterocycles. The zero-order valence-electron chi connectivity index (χ0n) is 17.1. The largest absolute Gasteiger partial charge is 0.413 e. The normalized spacial score (nSPS) is 15.2. The lowest BCUT2D eigenvalue weighted by Crippen LogP contribution is -2.19. The van der Waals surface area contributed by atoms with Gasteiger partial charge in [-0.25, -0.2) is 9.97 Å². The molecule has 0 saturated heterocycles. The van der Waals surface area contributed by atoms with Crippen molar-refractivity contribution in [2.45, 2.75) is 51.5 Å². The van der Waals surface area contributed by atoms with Crippen LogP contribution in [-0.4, -0.2) is 26.2 Å². The summed E-state index contributed by atoms with van der Waals surface area (Å²) in [5.41, 5.74) is 2.94. The van der Waals surface area contributed by atoms with Gasteiger partial charge in [-0.1, -0.05) is 55.5 Å². The highest BCUT2D eigenvalue weighted by Crippen LogP contribution is 2.29. The van der Waals surface area contributed by atoms with E-state index in [1.807, 2.05) is 42.5 Å². The molecule has 1 saturated carbocycles. The molecule has 1 aliphatic rings. The molecule has 0 bridgehead atoms. The number of hydrogen-bond acceptors (Lipinski definition) is 6. The van der Waals surface area contributed by atoms with Crippen molar-refractivity contribution in [2.75, 3.05) is 5.32 Å². The Morgan fingerprint density at radius 3 is 2.37 bits per heavy atom. The Balaban J connectivity index is 1.51. The summed E-state index contributed by atoms with van der Waals surface area (Å²) in [7, 11) is 0. The second kappa shape index (κ2) is 8.22. The molecule has 152 valence electrons. The molecule has 2 aromatic heterocycles. The van der Waals surface area contributed by atoms with Crippen molar-refractivity contribution in [3.63, 3.8) is 0 Å². The van der Waals surface area contributed by atoms with Crippen LogP contribution in [0.2, 0.25) is 0 Å². The number of nitrogens with zero attached hydrogens (tertiary/aromatic N) is 4. The second-order valence-electron chi connectivity index (χ2n) is 8.02. The van der Waals surface area contributed by atoms with Crippen LogP contribution in [0.5, 0.6) is 0 Å². The van der Waals surface area contributed by atoms with Crippen molar-refractivity contribution in [1.82, 2.24) is 20.2 Å². The summed E-state index contributed by atoms with van der Waals surface area (Å²) in [5.74, 6) is 2.11. The van der Waals surface area contributed by atoms with E-state index in [1.54, 1.807) is 0 Å². The van der Waals surface area contributed by atoms with Crippen LogP contribution in [0.1, 0.15) is 44.1 Å². The molecule has 1 N–H and O–H groups in total. The molecule has 2 aromatic carbocycles. The number of aryl methyl sites for hydroxylation is 1. The van der Waals surface area contributed by atoms with Crippen LogP contribution in [0.3, 0.4) is 0 Å². The molecule has 0 unspecified atom stereocenters. The molecule has 1 aliphatic carbocycles. The quantitative estimate of drug-likeness (QED) is 0.438. The number of aromatic nitrogens is 4. The number of anilines is 1. The molecule has 30 heavy (non-hydrogen) atoms. The Labute approximate surface area is 175 Å². The molecule has 0 radical (unpaired) electrons. The third-order valence-corrected chi connectivity index (χ3v) is 5.71. The highest BCUT2D eigenvalue weighted by molar-refractivity contribution is 5.90. The van der Waals surface area contributed by atoms with Crippen LogP contribution in [0.25, 0.3) is 34.1 Å². The first-order chi connectivity index (χ1) is 14.8. The van der Waals surface area contributed by atoms with Gasteiger partial charge in [0.25, 0.3) is 5.89 Å². The van der Waals surface area contributed by atoms with Gasteiger partial charge in [0.2, 0.25) is 11.7 Å². The Kier molecular flexibility index (Phi) is 5.13. The first-order valence-electron chi connectivity index (χ1n) is 10.7. The SMILES string of the molecule is Cc1ccc(-c2nnc(-c3nc(NC4CCCCCC4)c4ccccc4n3)o2)cc1. The van der Waals surface area contributed by atoms with E-state index in [0.29, 0.717) is 23.6 Å². The molecule has 6 nitrogen and oxygen atoms in total. The van der Waals surface area contributed by atoms with Crippen LogP contribution in [-0.2, 0) is 0 Å². The van der Waals surface area contributed by atoms with E-state index in [-0.39, 0.29) is 0 Å². The summed E-state index contributed by atoms with van der Waals surface area (Å²) in [5, 5.41) is 13.1. The predicted octanol–water partition coefficient (Wildman–Crippen LogP) is 5.79. The maximum atomic E-state index is 5.93. The van der Waals surface area contributed by atoms with Crippen molar-refractivity contribution >= 4 is 16.7 Å². The van der Waals surface area contributed by atoms with Gasteiger partial charge in [0, 0.05) is 17.0 Å². The van der Waals surface area contributed by atoms with Gasteiger partial charge in [0.1, 0.15) is 5.82 Å². The third-order valence-electron chi connectivity index (χ3n) is 5.71. The van der Waals surface area contributed by atoms with Crippen LogP contribution in [0.4, 0.5) is 5.82 Å². The standard InChI is InChI=1S/C24H25N5O/c1-16-12-14-17(15-13-16)23-28-29-24(30-23)22-26-20-11-7-6-10-19(20)21(27-22)25-18-8-4-2-3-5-9-18/h6-7,10-15,18H,2-5,8-9H2,1H3,(H,25,26,27). The van der Waals surface area contributed by atoms with Gasteiger partial charge < -0.3 is 9.73 Å². The van der Waals surface area contributed by atoms with Crippen molar-refractivity contribution in [1.29, 1.82) is 0 Å². The van der Waals surface area contributed by atoms with Crippen molar-refractivity contribution in [3.8, 4) is 23.2 Å². The highest BCUT2D eigenvalue weighted by Gasteiger charge is 2.18. The molecule has 5 rings (SSSR count). The van der Waals surface area contributed by atoms with Gasteiger partial charge in [-0.3, -0.25) is 0 Å². The van der Waals surface area contributed by atoms with E-state index in [2.05, 4.69) is 28.5 Å². The van der Waals surface area contributed by atoms with E-state index in [1.165, 1.54) is 44.1 Å². The number of hydrogen-bond donors (Lipinski definition) is 1. The fourth-order valence-electron chi connectivity index (χ4n) is 4.03. The maximum absolute atomic E-state index is 5.93. The van der Waals surface area contributed by atoms with Gasteiger partial charge in [-0.05, 0) is 44.0 Å². The van der Waals surface area contributed by atoms with E-state index in [4.69, 9.17) is 14.4 Å². The Bertz CT molecular complexity index is 1140. The zero-order valence-corrected chi connectivity index (χ0v) is 17.1. The summed E-state index contributed by atoms with van der Waals surface area (Å²) >= 11 is 0. The fourth-order valence-corrected chi connectivity index (χ4v) is 4.03. The van der Waals surface area contributed by atoms with Gasteiger partial charge >= 0.3 is 0 Å². The lowest BCUT2D eigenvalue weighted by atomic mass is 10.1. The monoisotopic (exact) mass is 399 g/mol. The van der Waals surface area contributed by atoms with Crippen LogP contribution >= 0.6 is 0 Å². The Morgan fingerprint density at radius 1 is 0.833 bits per heavy atom. The van der Waals surface area contributed by atoms with Crippen LogP contribution in [0.15, 0.2) is 52.9 Å². The average molecular weight is 399 g/mol. The molecule has 0 atom stereocenters.